The van der Waals surface area contributed by atoms with Crippen LogP contribution in [0.3, 0.4) is 0 Å². The number of rotatable bonds is 6. The molecule has 1 heterocycles. The van der Waals surface area contributed by atoms with Crippen molar-refractivity contribution in [1.29, 1.82) is 0 Å². The molecular formula is C22H19FN2O3. The lowest BCUT2D eigenvalue weighted by Crippen LogP contribution is -2.12. The van der Waals surface area contributed by atoms with E-state index < -0.39 is 11.7 Å². The van der Waals surface area contributed by atoms with Gasteiger partial charge in [0.05, 0.1) is 12.7 Å². The van der Waals surface area contributed by atoms with Gasteiger partial charge in [0.15, 0.2) is 5.78 Å². The number of nitrogens with zero attached hydrogens (tertiary/aromatic N) is 1. The zero-order chi connectivity index (χ0) is 20.3. The predicted molar refractivity (Wildman–Crippen MR) is 104 cm³/mol. The molecule has 0 aliphatic heterocycles. The Bertz CT molecular complexity index is 1050. The number of hydrogen-bond acceptors (Lipinski definition) is 4. The third-order valence-electron chi connectivity index (χ3n) is 4.43. The highest BCUT2D eigenvalue weighted by molar-refractivity contribution is 5.95. The highest BCUT2D eigenvalue weighted by atomic mass is 19.1. The van der Waals surface area contributed by atoms with Crippen LogP contribution in [0.4, 0.5) is 4.39 Å². The average molecular weight is 378 g/mol. The number of nitrogens with two attached hydrogens (primary N) is 1. The van der Waals surface area contributed by atoms with Crippen LogP contribution in [-0.4, -0.2) is 23.8 Å². The minimum Gasteiger partial charge on any atom is -0.496 e. The number of carbonyl (C=O) groups excluding carboxylic acids is 2. The van der Waals surface area contributed by atoms with Gasteiger partial charge in [0.2, 0.25) is 0 Å². The summed E-state index contributed by atoms with van der Waals surface area (Å²) in [6.07, 6.45) is 1.78. The van der Waals surface area contributed by atoms with Crippen LogP contribution in [0.15, 0.2) is 54.7 Å². The van der Waals surface area contributed by atoms with Gasteiger partial charge in [0, 0.05) is 18.2 Å². The minimum absolute atomic E-state index is 0.0991. The van der Waals surface area contributed by atoms with E-state index in [1.165, 1.54) is 26.3 Å². The second-order valence-electron chi connectivity index (χ2n) is 6.35. The van der Waals surface area contributed by atoms with Gasteiger partial charge in [0.25, 0.3) is 5.91 Å². The van der Waals surface area contributed by atoms with E-state index in [1.807, 2.05) is 0 Å². The van der Waals surface area contributed by atoms with Crippen LogP contribution in [-0.2, 0) is 6.42 Å². The molecular weight excluding hydrogens is 359 g/mol. The normalized spacial score (nSPS) is 10.5. The third-order valence-corrected chi connectivity index (χ3v) is 4.43. The number of primary amides is 1. The van der Waals surface area contributed by atoms with Gasteiger partial charge in [-0.25, -0.2) is 4.39 Å². The maximum absolute atomic E-state index is 15.4. The van der Waals surface area contributed by atoms with Gasteiger partial charge in [-0.05, 0) is 41.8 Å². The van der Waals surface area contributed by atoms with Crippen molar-refractivity contribution in [3.05, 3.63) is 82.9 Å². The molecule has 0 saturated heterocycles. The third kappa shape index (κ3) is 3.91. The van der Waals surface area contributed by atoms with Crippen molar-refractivity contribution in [2.45, 2.75) is 13.3 Å². The van der Waals surface area contributed by atoms with Gasteiger partial charge >= 0.3 is 0 Å². The Kier molecular flexibility index (Phi) is 5.49. The van der Waals surface area contributed by atoms with Crippen molar-refractivity contribution in [2.75, 3.05) is 7.11 Å². The molecule has 142 valence electrons. The largest absolute Gasteiger partial charge is 0.496 e. The number of halogens is 1. The summed E-state index contributed by atoms with van der Waals surface area (Å²) in [6, 6.07) is 13.3. The van der Waals surface area contributed by atoms with Gasteiger partial charge < -0.3 is 10.5 Å². The number of carbonyl (C=O) groups is 2. The molecule has 6 heteroatoms. The second-order valence-corrected chi connectivity index (χ2v) is 6.35. The van der Waals surface area contributed by atoms with Gasteiger partial charge in [0.1, 0.15) is 17.3 Å². The minimum atomic E-state index is -0.616. The monoisotopic (exact) mass is 378 g/mol. The number of aromatic nitrogens is 1. The van der Waals surface area contributed by atoms with Crippen molar-refractivity contribution >= 4 is 11.7 Å². The molecule has 0 saturated carbocycles. The first-order chi connectivity index (χ1) is 13.4. The fraction of sp³-hybridized carbons (Fsp3) is 0.136. The topological polar surface area (TPSA) is 82.3 Å². The summed E-state index contributed by atoms with van der Waals surface area (Å²) in [4.78, 5) is 26.8. The second kappa shape index (κ2) is 8.00. The molecule has 0 atom stereocenters. The number of ether oxygens (including phenoxy) is 1. The Morgan fingerprint density at radius 1 is 1.14 bits per heavy atom. The lowest BCUT2D eigenvalue weighted by Gasteiger charge is -2.14. The van der Waals surface area contributed by atoms with Gasteiger partial charge in [-0.15, -0.1) is 0 Å². The van der Waals surface area contributed by atoms with Gasteiger partial charge in [-0.1, -0.05) is 30.3 Å². The van der Waals surface area contributed by atoms with E-state index >= 15 is 4.39 Å². The van der Waals surface area contributed by atoms with E-state index in [0.717, 1.165) is 5.56 Å². The molecule has 0 bridgehead atoms. The SMILES string of the molecule is COc1ccc(Cc2ccc(C(N)=O)nc2)c(F)c1-c1cccc(C(C)=O)c1. The number of pyridine rings is 1. The molecule has 0 spiro atoms. The molecule has 28 heavy (non-hydrogen) atoms. The summed E-state index contributed by atoms with van der Waals surface area (Å²) in [5.41, 5.74) is 7.87. The molecule has 0 unspecified atom stereocenters. The first kappa shape index (κ1) is 19.2. The number of Topliss-reactive ketones (excluding diaryl/α,β-unsaturated/α-hetero) is 1. The van der Waals surface area contributed by atoms with Crippen molar-refractivity contribution in [2.24, 2.45) is 5.73 Å². The average Bonchev–Trinajstić information content (AvgIpc) is 2.69. The molecule has 3 aromatic rings. The van der Waals surface area contributed by atoms with Crippen LogP contribution in [0.5, 0.6) is 5.75 Å². The van der Waals surface area contributed by atoms with Crippen LogP contribution >= 0.6 is 0 Å². The molecule has 3 rings (SSSR count). The van der Waals surface area contributed by atoms with Gasteiger partial charge in [-0.2, -0.15) is 0 Å². The van der Waals surface area contributed by atoms with E-state index in [0.29, 0.717) is 28.0 Å². The molecule has 0 fully saturated rings. The number of hydrogen-bond donors (Lipinski definition) is 1. The molecule has 5 nitrogen and oxygen atoms in total. The first-order valence-corrected chi connectivity index (χ1v) is 8.62. The molecule has 1 amide bonds. The first-order valence-electron chi connectivity index (χ1n) is 8.62. The summed E-state index contributed by atoms with van der Waals surface area (Å²) in [6.45, 7) is 1.46. The zero-order valence-electron chi connectivity index (χ0n) is 15.5. The van der Waals surface area contributed by atoms with E-state index in [4.69, 9.17) is 10.5 Å². The predicted octanol–water partition coefficient (Wildman–Crippen LogP) is 3.79. The van der Waals surface area contributed by atoms with Crippen LogP contribution in [0.1, 0.15) is 38.9 Å². The number of methoxy groups -OCH3 is 1. The lowest BCUT2D eigenvalue weighted by atomic mass is 9.96. The number of amides is 1. The maximum Gasteiger partial charge on any atom is 0.267 e. The van der Waals surface area contributed by atoms with Crippen molar-refractivity contribution in [1.82, 2.24) is 4.98 Å². The lowest BCUT2D eigenvalue weighted by molar-refractivity contribution is 0.0992. The molecule has 0 radical (unpaired) electrons. The van der Waals surface area contributed by atoms with Crippen molar-refractivity contribution in [3.63, 3.8) is 0 Å². The fourth-order valence-electron chi connectivity index (χ4n) is 2.97. The molecule has 0 aliphatic carbocycles. The van der Waals surface area contributed by atoms with Crippen LogP contribution in [0.25, 0.3) is 11.1 Å². The Hall–Kier alpha value is -3.54. The number of ketones is 1. The highest BCUT2D eigenvalue weighted by Crippen LogP contribution is 2.35. The van der Waals surface area contributed by atoms with Crippen molar-refractivity contribution < 1.29 is 18.7 Å². The van der Waals surface area contributed by atoms with E-state index in [2.05, 4.69) is 4.98 Å². The Labute approximate surface area is 162 Å². The molecule has 2 N–H and O–H groups in total. The summed E-state index contributed by atoms with van der Waals surface area (Å²) < 4.78 is 20.7. The van der Waals surface area contributed by atoms with Crippen molar-refractivity contribution in [3.8, 4) is 16.9 Å². The standard InChI is InChI=1S/C22H19FN2O3/c1-13(26)15-4-3-5-16(11-15)20-19(28-2)9-7-17(21(20)23)10-14-6-8-18(22(24)27)25-12-14/h3-9,11-12H,10H2,1-2H3,(H2,24,27). The Morgan fingerprint density at radius 3 is 2.54 bits per heavy atom. The van der Waals surface area contributed by atoms with E-state index in [-0.39, 0.29) is 17.9 Å². The summed E-state index contributed by atoms with van der Waals surface area (Å²) in [5, 5.41) is 0. The summed E-state index contributed by atoms with van der Waals surface area (Å²) in [5.74, 6) is -0.768. The van der Waals surface area contributed by atoms with Crippen LogP contribution in [0, 0.1) is 5.82 Å². The quantitative estimate of drug-likeness (QED) is 0.662. The summed E-state index contributed by atoms with van der Waals surface area (Å²) in [7, 11) is 1.47. The highest BCUT2D eigenvalue weighted by Gasteiger charge is 2.17. The zero-order valence-corrected chi connectivity index (χ0v) is 15.5. The smallest absolute Gasteiger partial charge is 0.267 e. The molecule has 1 aromatic heterocycles. The maximum atomic E-state index is 15.4. The van der Waals surface area contributed by atoms with Gasteiger partial charge in [-0.3, -0.25) is 14.6 Å². The van der Waals surface area contributed by atoms with Crippen LogP contribution in [0.2, 0.25) is 0 Å². The Balaban J connectivity index is 2.03. The van der Waals surface area contributed by atoms with E-state index in [1.54, 1.807) is 42.5 Å². The summed E-state index contributed by atoms with van der Waals surface area (Å²) >= 11 is 0. The van der Waals surface area contributed by atoms with Crippen LogP contribution < -0.4 is 10.5 Å². The Morgan fingerprint density at radius 2 is 1.93 bits per heavy atom. The molecule has 0 aliphatic rings. The number of benzene rings is 2. The fourth-order valence-corrected chi connectivity index (χ4v) is 2.97. The van der Waals surface area contributed by atoms with E-state index in [9.17, 15) is 9.59 Å². The molecule has 2 aromatic carbocycles.